The van der Waals surface area contributed by atoms with E-state index in [0.717, 1.165) is 91.5 Å². The van der Waals surface area contributed by atoms with Gasteiger partial charge >= 0.3 is 0 Å². The summed E-state index contributed by atoms with van der Waals surface area (Å²) < 4.78 is 0. The van der Waals surface area contributed by atoms with E-state index in [9.17, 15) is 0 Å². The number of aromatic nitrogens is 2. The van der Waals surface area contributed by atoms with Crippen LogP contribution >= 0.6 is 0 Å². The van der Waals surface area contributed by atoms with Gasteiger partial charge in [-0.3, -0.25) is 9.97 Å². The molecule has 2 heterocycles. The van der Waals surface area contributed by atoms with Crippen molar-refractivity contribution in [3.63, 3.8) is 0 Å². The summed E-state index contributed by atoms with van der Waals surface area (Å²) in [6.45, 7) is 0. The van der Waals surface area contributed by atoms with Gasteiger partial charge in [0, 0.05) is 35.4 Å². The Morgan fingerprint density at radius 2 is 0.865 bits per heavy atom. The molecule has 4 heteroatoms. The highest BCUT2D eigenvalue weighted by Gasteiger charge is 2.14. The van der Waals surface area contributed by atoms with Gasteiger partial charge in [-0.2, -0.15) is 0 Å². The van der Waals surface area contributed by atoms with Crippen molar-refractivity contribution in [3.05, 3.63) is 215 Å². The molecule has 4 N–H and O–H groups in total. The minimum Gasteiger partial charge on any atom is -0.398 e. The molecule has 0 radical (unpaired) electrons. The second-order valence-corrected chi connectivity index (χ2v) is 13.1. The molecular weight excluding hydrogens is 633 g/mol. The van der Waals surface area contributed by atoms with Crippen molar-refractivity contribution < 1.29 is 0 Å². The molecule has 4 nitrogen and oxygen atoms in total. The number of nitrogens with zero attached hydrogens (tertiary/aromatic N) is 2. The third-order valence-corrected chi connectivity index (χ3v) is 9.53. The lowest BCUT2D eigenvalue weighted by Gasteiger charge is -2.15. The van der Waals surface area contributed by atoms with Gasteiger partial charge < -0.3 is 11.5 Å². The molecule has 0 spiro atoms. The summed E-state index contributed by atoms with van der Waals surface area (Å²) in [5, 5.41) is 0. The predicted molar refractivity (Wildman–Crippen MR) is 217 cm³/mol. The maximum Gasteiger partial charge on any atom is 0.0706 e. The molecule has 8 rings (SSSR count). The zero-order valence-corrected chi connectivity index (χ0v) is 28.8. The Hall–Kier alpha value is -6.78. The number of nitrogens with two attached hydrogens (primary N) is 2. The summed E-state index contributed by atoms with van der Waals surface area (Å²) >= 11 is 0. The first kappa shape index (κ1) is 32.4. The minimum atomic E-state index is 0.745. The molecule has 0 fully saturated rings. The van der Waals surface area contributed by atoms with Crippen LogP contribution in [0.5, 0.6) is 0 Å². The van der Waals surface area contributed by atoms with Crippen molar-refractivity contribution in [3.8, 4) is 33.6 Å². The Bertz CT molecular complexity index is 2290. The van der Waals surface area contributed by atoms with E-state index >= 15 is 0 Å². The zero-order valence-electron chi connectivity index (χ0n) is 28.8. The topological polar surface area (TPSA) is 77.8 Å². The van der Waals surface area contributed by atoms with Gasteiger partial charge in [0.15, 0.2) is 0 Å². The Morgan fingerprint density at radius 3 is 1.31 bits per heavy atom. The van der Waals surface area contributed by atoms with Crippen molar-refractivity contribution in [1.29, 1.82) is 0 Å². The van der Waals surface area contributed by atoms with Crippen LogP contribution in [0, 0.1) is 0 Å². The van der Waals surface area contributed by atoms with Crippen LogP contribution in [0.15, 0.2) is 181 Å². The van der Waals surface area contributed by atoms with Crippen molar-refractivity contribution in [2.24, 2.45) is 11.5 Å². The standard InChI is InChI=1S/C48H38N4/c49-43(35-9-3-1-4-10-35)25-19-33-17-21-37-23-27-45(51-47(37)29-33)41-15-7-13-39(31-41)40-14-8-16-42(32-40)46-28-24-38-22-18-34(30-48(38)52-46)20-26-44(50)36-11-5-2-6-12-36/h1-28,31-32H,29-30,49-50H2/b33-19-,34-20-,43-25-,44-26-. The van der Waals surface area contributed by atoms with Gasteiger partial charge in [-0.05, 0) is 80.9 Å². The summed E-state index contributed by atoms with van der Waals surface area (Å²) in [4.78, 5) is 10.3. The summed E-state index contributed by atoms with van der Waals surface area (Å²) in [5.41, 5.74) is 29.3. The van der Waals surface area contributed by atoms with Crippen molar-refractivity contribution in [2.75, 3.05) is 0 Å². The Kier molecular flexibility index (Phi) is 9.10. The van der Waals surface area contributed by atoms with Crippen LogP contribution in [0.4, 0.5) is 0 Å². The average Bonchev–Trinajstić information content (AvgIpc) is 3.22. The lowest BCUT2D eigenvalue weighted by molar-refractivity contribution is 1.06. The van der Waals surface area contributed by atoms with Crippen LogP contribution in [-0.4, -0.2) is 9.97 Å². The summed E-state index contributed by atoms with van der Waals surface area (Å²) in [6, 6.07) is 45.9. The van der Waals surface area contributed by atoms with Crippen LogP contribution in [0.1, 0.15) is 33.6 Å². The normalized spacial score (nSPS) is 15.5. The van der Waals surface area contributed by atoms with Crippen molar-refractivity contribution in [1.82, 2.24) is 9.97 Å². The number of pyridine rings is 2. The number of allylic oxidation sites excluding steroid dienone is 8. The number of fused-ring (bicyclic) bond motifs is 2. The second-order valence-electron chi connectivity index (χ2n) is 13.1. The first-order chi connectivity index (χ1) is 25.6. The zero-order chi connectivity index (χ0) is 35.3. The summed E-state index contributed by atoms with van der Waals surface area (Å²) in [6.07, 6.45) is 18.2. The fraction of sp³-hybridized carbons (Fsp3) is 0.0417. The monoisotopic (exact) mass is 670 g/mol. The molecule has 0 unspecified atom stereocenters. The van der Waals surface area contributed by atoms with Crippen LogP contribution < -0.4 is 11.5 Å². The third kappa shape index (κ3) is 7.23. The maximum absolute atomic E-state index is 6.34. The van der Waals surface area contributed by atoms with Crippen molar-refractivity contribution in [2.45, 2.75) is 12.8 Å². The van der Waals surface area contributed by atoms with E-state index in [1.54, 1.807) is 0 Å². The lowest BCUT2D eigenvalue weighted by Crippen LogP contribution is -2.02. The van der Waals surface area contributed by atoms with E-state index in [0.29, 0.717) is 0 Å². The fourth-order valence-electron chi connectivity index (χ4n) is 6.62. The van der Waals surface area contributed by atoms with Gasteiger partial charge in [-0.15, -0.1) is 0 Å². The van der Waals surface area contributed by atoms with Gasteiger partial charge in [0.2, 0.25) is 0 Å². The smallest absolute Gasteiger partial charge is 0.0706 e. The molecule has 0 amide bonds. The summed E-state index contributed by atoms with van der Waals surface area (Å²) in [7, 11) is 0. The third-order valence-electron chi connectivity index (χ3n) is 9.53. The molecule has 0 saturated carbocycles. The number of rotatable bonds is 7. The average molecular weight is 671 g/mol. The Labute approximate surface area is 305 Å². The predicted octanol–water partition coefficient (Wildman–Crippen LogP) is 10.5. The van der Waals surface area contributed by atoms with E-state index in [-0.39, 0.29) is 0 Å². The molecule has 0 bridgehead atoms. The van der Waals surface area contributed by atoms with Gasteiger partial charge in [-0.25, -0.2) is 0 Å². The largest absolute Gasteiger partial charge is 0.398 e. The number of hydrogen-bond donors (Lipinski definition) is 2. The maximum atomic E-state index is 6.34. The minimum absolute atomic E-state index is 0.745. The Balaban J connectivity index is 1.01. The van der Waals surface area contributed by atoms with Gasteiger partial charge in [0.25, 0.3) is 0 Å². The second kappa shape index (κ2) is 14.6. The molecule has 6 aromatic rings. The molecule has 52 heavy (non-hydrogen) atoms. The summed E-state index contributed by atoms with van der Waals surface area (Å²) in [5.74, 6) is 0. The highest BCUT2D eigenvalue weighted by atomic mass is 14.7. The van der Waals surface area contributed by atoms with Crippen LogP contribution in [0.25, 0.3) is 57.2 Å². The van der Waals surface area contributed by atoms with E-state index < -0.39 is 0 Å². The molecule has 250 valence electrons. The first-order valence-electron chi connectivity index (χ1n) is 17.6. The first-order valence-corrected chi connectivity index (χ1v) is 17.6. The van der Waals surface area contributed by atoms with Crippen LogP contribution in [-0.2, 0) is 12.8 Å². The van der Waals surface area contributed by atoms with E-state index in [4.69, 9.17) is 21.4 Å². The number of benzene rings is 4. The molecule has 4 aromatic carbocycles. The van der Waals surface area contributed by atoms with Crippen LogP contribution in [0.3, 0.4) is 0 Å². The quantitative estimate of drug-likeness (QED) is 0.177. The molecule has 0 saturated heterocycles. The van der Waals surface area contributed by atoms with Crippen LogP contribution in [0.2, 0.25) is 0 Å². The SMILES string of the molecule is N/C(=C\C=C1\C=Cc2ccc(-c3cccc(-c4cccc(-c5ccc6c(n5)C/C(=C\C=C(/N)c5ccccc5)C=C6)c4)c3)nc2C1)c1ccccc1. The molecule has 0 aliphatic heterocycles. The van der Waals surface area contributed by atoms with E-state index in [2.05, 4.69) is 109 Å². The Morgan fingerprint density at radius 1 is 0.442 bits per heavy atom. The molecule has 2 aromatic heterocycles. The molecule has 2 aliphatic rings. The van der Waals surface area contributed by atoms with Gasteiger partial charge in [0.1, 0.15) is 0 Å². The molecule has 2 aliphatic carbocycles. The highest BCUT2D eigenvalue weighted by molar-refractivity contribution is 5.77. The van der Waals surface area contributed by atoms with Crippen molar-refractivity contribution >= 4 is 23.5 Å². The molecule has 0 atom stereocenters. The van der Waals surface area contributed by atoms with E-state index in [1.807, 2.05) is 72.8 Å². The lowest BCUT2D eigenvalue weighted by atomic mass is 9.95. The molecular formula is C48H38N4. The fourth-order valence-corrected chi connectivity index (χ4v) is 6.62. The highest BCUT2D eigenvalue weighted by Crippen LogP contribution is 2.32. The van der Waals surface area contributed by atoms with Gasteiger partial charge in [0.05, 0.1) is 22.8 Å². The van der Waals surface area contributed by atoms with Gasteiger partial charge in [-0.1, -0.05) is 146 Å². The van der Waals surface area contributed by atoms with E-state index in [1.165, 1.54) is 11.1 Å². The number of hydrogen-bond acceptors (Lipinski definition) is 4.